The lowest BCUT2D eigenvalue weighted by Gasteiger charge is -2.36. The van der Waals surface area contributed by atoms with Crippen LogP contribution in [0.5, 0.6) is 0 Å². The van der Waals surface area contributed by atoms with E-state index in [9.17, 15) is 13.2 Å². The maximum absolute atomic E-state index is 13.1. The molecular formula is C19H24N4O3S. The summed E-state index contributed by atoms with van der Waals surface area (Å²) in [6.45, 7) is 6.15. The van der Waals surface area contributed by atoms with Crippen LogP contribution in [0.25, 0.3) is 0 Å². The van der Waals surface area contributed by atoms with Crippen molar-refractivity contribution in [3.63, 3.8) is 0 Å². The van der Waals surface area contributed by atoms with Crippen LogP contribution in [0, 0.1) is 0 Å². The third-order valence-electron chi connectivity index (χ3n) is 5.67. The minimum absolute atomic E-state index is 0.00723. The van der Waals surface area contributed by atoms with Crippen LogP contribution in [0.4, 0.5) is 5.69 Å². The number of amides is 1. The van der Waals surface area contributed by atoms with E-state index < -0.39 is 10.0 Å². The van der Waals surface area contributed by atoms with Gasteiger partial charge in [0.05, 0.1) is 11.4 Å². The van der Waals surface area contributed by atoms with Crippen molar-refractivity contribution in [2.75, 3.05) is 18.0 Å². The molecule has 0 radical (unpaired) electrons. The first-order valence-corrected chi connectivity index (χ1v) is 10.7. The summed E-state index contributed by atoms with van der Waals surface area (Å²) in [6, 6.07) is 9.07. The number of hydrogen-bond donors (Lipinski definition) is 1. The summed E-state index contributed by atoms with van der Waals surface area (Å²) in [4.78, 5) is 17.2. The molecule has 27 heavy (non-hydrogen) atoms. The van der Waals surface area contributed by atoms with Gasteiger partial charge in [0.1, 0.15) is 0 Å². The van der Waals surface area contributed by atoms with Gasteiger partial charge >= 0.3 is 0 Å². The van der Waals surface area contributed by atoms with Crippen LogP contribution in [-0.4, -0.2) is 42.9 Å². The van der Waals surface area contributed by atoms with Gasteiger partial charge in [0.15, 0.2) is 0 Å². The minimum atomic E-state index is -3.75. The summed E-state index contributed by atoms with van der Waals surface area (Å²) in [5.74, 6) is 0.0384. The van der Waals surface area contributed by atoms with Crippen LogP contribution in [0.3, 0.4) is 0 Å². The number of aromatic nitrogens is 1. The molecule has 1 aromatic heterocycles. The predicted octanol–water partition coefficient (Wildman–Crippen LogP) is 1.49. The highest BCUT2D eigenvalue weighted by molar-refractivity contribution is 7.89. The Labute approximate surface area is 159 Å². The number of benzene rings is 1. The number of carbonyl (C=O) groups excluding carboxylic acids is 1. The Hall–Kier alpha value is -2.16. The summed E-state index contributed by atoms with van der Waals surface area (Å²) in [7, 11) is -3.75. The highest BCUT2D eigenvalue weighted by Crippen LogP contribution is 2.34. The van der Waals surface area contributed by atoms with Crippen molar-refractivity contribution >= 4 is 21.6 Å². The molecule has 4 rings (SSSR count). The van der Waals surface area contributed by atoms with Gasteiger partial charge in [-0.2, -0.15) is 0 Å². The topological polar surface area (TPSA) is 88.6 Å². The van der Waals surface area contributed by atoms with E-state index in [1.807, 2.05) is 13.0 Å². The average Bonchev–Trinajstić information content (AvgIpc) is 3.19. The fourth-order valence-corrected chi connectivity index (χ4v) is 4.82. The number of sulfonamides is 1. The van der Waals surface area contributed by atoms with E-state index >= 15 is 0 Å². The molecule has 2 aromatic rings. The molecular weight excluding hydrogens is 364 g/mol. The molecule has 0 aliphatic carbocycles. The largest absolute Gasteiger partial charge is 0.349 e. The van der Waals surface area contributed by atoms with Gasteiger partial charge in [-0.05, 0) is 56.2 Å². The lowest BCUT2D eigenvalue weighted by Crippen LogP contribution is -2.46. The summed E-state index contributed by atoms with van der Waals surface area (Å²) in [6.07, 6.45) is 2.70. The van der Waals surface area contributed by atoms with E-state index in [1.54, 1.807) is 17.0 Å². The van der Waals surface area contributed by atoms with Gasteiger partial charge in [-0.1, -0.05) is 0 Å². The molecule has 0 spiro atoms. The summed E-state index contributed by atoms with van der Waals surface area (Å²) >= 11 is 0. The fourth-order valence-electron chi connectivity index (χ4n) is 4.26. The van der Waals surface area contributed by atoms with Crippen molar-refractivity contribution in [1.29, 1.82) is 0 Å². The molecule has 0 saturated heterocycles. The number of hydrogen-bond acceptors (Lipinski definition) is 4. The molecule has 0 unspecified atom stereocenters. The molecule has 0 bridgehead atoms. The summed E-state index contributed by atoms with van der Waals surface area (Å²) in [5, 5.41) is 5.23. The number of nitrogens with zero attached hydrogens (tertiary/aromatic N) is 3. The van der Waals surface area contributed by atoms with Crippen LogP contribution >= 0.6 is 0 Å². The van der Waals surface area contributed by atoms with E-state index in [2.05, 4.69) is 28.7 Å². The monoisotopic (exact) mass is 388 g/mol. The maximum atomic E-state index is 13.1. The van der Waals surface area contributed by atoms with Gasteiger partial charge in [-0.3, -0.25) is 9.69 Å². The third kappa shape index (κ3) is 3.18. The quantitative estimate of drug-likeness (QED) is 0.863. The second-order valence-electron chi connectivity index (χ2n) is 7.43. The van der Waals surface area contributed by atoms with Crippen molar-refractivity contribution in [2.24, 2.45) is 5.14 Å². The van der Waals surface area contributed by atoms with Crippen molar-refractivity contribution in [2.45, 2.75) is 43.8 Å². The molecule has 0 saturated carbocycles. The van der Waals surface area contributed by atoms with Crippen molar-refractivity contribution in [1.82, 2.24) is 9.47 Å². The number of nitrogens with two attached hydrogens (primary N) is 1. The Morgan fingerprint density at radius 1 is 1.22 bits per heavy atom. The molecule has 2 atom stereocenters. The van der Waals surface area contributed by atoms with E-state index in [0.717, 1.165) is 24.3 Å². The van der Waals surface area contributed by atoms with Crippen molar-refractivity contribution in [3.8, 4) is 0 Å². The van der Waals surface area contributed by atoms with Gasteiger partial charge in [-0.15, -0.1) is 0 Å². The van der Waals surface area contributed by atoms with Crippen LogP contribution in [-0.2, 0) is 27.8 Å². The lowest BCUT2D eigenvalue weighted by atomic mass is 10.1. The first kappa shape index (κ1) is 18.2. The first-order chi connectivity index (χ1) is 12.8. The Bertz CT molecular complexity index is 998. The zero-order chi connectivity index (χ0) is 19.3. The Kier molecular flexibility index (Phi) is 4.37. The molecule has 2 aliphatic heterocycles. The van der Waals surface area contributed by atoms with Crippen LogP contribution in [0.1, 0.15) is 31.1 Å². The van der Waals surface area contributed by atoms with Gasteiger partial charge < -0.3 is 9.47 Å². The molecule has 2 N–H and O–H groups in total. The normalized spacial score (nSPS) is 22.6. The standard InChI is InChI=1S/C19H24N4O3S/c1-13-10-15-11-16(27(20,25)26)5-6-18(15)23(13)19(24)12-22-9-8-21-7-3-4-17(21)14(22)2/h3-7,11,13-14H,8-10,12H2,1-2H3,(H2,20,25,26)/t13-,14+/m0/s1. The Morgan fingerprint density at radius 3 is 2.74 bits per heavy atom. The molecule has 1 amide bonds. The highest BCUT2D eigenvalue weighted by Gasteiger charge is 2.34. The molecule has 3 heterocycles. The number of fused-ring (bicyclic) bond motifs is 2. The summed E-state index contributed by atoms with van der Waals surface area (Å²) < 4.78 is 25.4. The van der Waals surface area contributed by atoms with Crippen LogP contribution in [0.15, 0.2) is 41.4 Å². The zero-order valence-electron chi connectivity index (χ0n) is 15.5. The van der Waals surface area contributed by atoms with Crippen molar-refractivity contribution < 1.29 is 13.2 Å². The zero-order valence-corrected chi connectivity index (χ0v) is 16.3. The van der Waals surface area contributed by atoms with E-state index in [4.69, 9.17) is 5.14 Å². The summed E-state index contributed by atoms with van der Waals surface area (Å²) in [5.41, 5.74) is 2.86. The van der Waals surface area contributed by atoms with Gasteiger partial charge in [0.25, 0.3) is 0 Å². The van der Waals surface area contributed by atoms with Gasteiger partial charge in [0, 0.05) is 42.8 Å². The van der Waals surface area contributed by atoms with Crippen LogP contribution in [0.2, 0.25) is 0 Å². The lowest BCUT2D eigenvalue weighted by molar-refractivity contribution is -0.120. The van der Waals surface area contributed by atoms with E-state index in [0.29, 0.717) is 13.0 Å². The molecule has 1 aromatic carbocycles. The number of anilines is 1. The molecule has 2 aliphatic rings. The van der Waals surface area contributed by atoms with E-state index in [-0.39, 0.29) is 22.9 Å². The maximum Gasteiger partial charge on any atom is 0.241 e. The number of rotatable bonds is 3. The fraction of sp³-hybridized carbons (Fsp3) is 0.421. The molecule has 0 fully saturated rings. The second kappa shape index (κ2) is 6.47. The van der Waals surface area contributed by atoms with Gasteiger partial charge in [-0.25, -0.2) is 13.6 Å². The predicted molar refractivity (Wildman–Crippen MR) is 103 cm³/mol. The number of carbonyl (C=O) groups is 1. The van der Waals surface area contributed by atoms with E-state index in [1.165, 1.54) is 11.8 Å². The Balaban J connectivity index is 1.55. The SMILES string of the molecule is C[C@@H]1c2cccn2CCN1CC(=O)N1c2ccc(S(N)(=O)=O)cc2C[C@@H]1C. The second-order valence-corrected chi connectivity index (χ2v) is 8.99. The van der Waals surface area contributed by atoms with Crippen molar-refractivity contribution in [3.05, 3.63) is 47.8 Å². The Morgan fingerprint density at radius 2 is 2.00 bits per heavy atom. The number of primary sulfonamides is 1. The van der Waals surface area contributed by atoms with Crippen LogP contribution < -0.4 is 10.0 Å². The first-order valence-electron chi connectivity index (χ1n) is 9.12. The highest BCUT2D eigenvalue weighted by atomic mass is 32.2. The van der Waals surface area contributed by atoms with Gasteiger partial charge in [0.2, 0.25) is 15.9 Å². The molecule has 144 valence electrons. The molecule has 8 heteroatoms. The smallest absolute Gasteiger partial charge is 0.241 e. The molecule has 7 nitrogen and oxygen atoms in total. The minimum Gasteiger partial charge on any atom is -0.349 e. The average molecular weight is 388 g/mol. The third-order valence-corrected chi connectivity index (χ3v) is 6.58.